The molecule has 0 bridgehead atoms. The van der Waals surface area contributed by atoms with Gasteiger partial charge in [-0.25, -0.2) is 0 Å². The Labute approximate surface area is 261 Å². The molecule has 7 atom stereocenters. The summed E-state index contributed by atoms with van der Waals surface area (Å²) in [7, 11) is 7.15. The van der Waals surface area contributed by atoms with Crippen LogP contribution in [-0.2, 0) is 30.3 Å². The topological polar surface area (TPSA) is 100 Å². The molecule has 0 saturated carbocycles. The smallest absolute Gasteiger partial charge is 0.242 e. The molecule has 0 spiro atoms. The van der Waals surface area contributed by atoms with Crippen molar-refractivity contribution in [2.75, 3.05) is 47.9 Å². The average molecular weight is 605 g/mol. The molecular weight excluding hydrogens is 544 g/mol. The third kappa shape index (κ3) is 12.2. The van der Waals surface area contributed by atoms with Crippen molar-refractivity contribution in [1.29, 1.82) is 0 Å². The molecule has 0 aliphatic carbocycles. The van der Waals surface area contributed by atoms with Crippen LogP contribution in [0.1, 0.15) is 72.8 Å². The lowest BCUT2D eigenvalue weighted by atomic mass is 9.87. The molecule has 1 saturated heterocycles. The lowest BCUT2D eigenvalue weighted by Crippen LogP contribution is -2.54. The second-order valence-electron chi connectivity index (χ2n) is 11.9. The van der Waals surface area contributed by atoms with Gasteiger partial charge in [0.25, 0.3) is 0 Å². The third-order valence-electron chi connectivity index (χ3n) is 8.76. The van der Waals surface area contributed by atoms with E-state index in [2.05, 4.69) is 31.4 Å². The Morgan fingerprint density at radius 3 is 2.23 bits per heavy atom. The monoisotopic (exact) mass is 604 g/mol. The summed E-state index contributed by atoms with van der Waals surface area (Å²) in [4.78, 5) is 44.1. The van der Waals surface area contributed by atoms with E-state index < -0.39 is 18.1 Å². The SMILES string of the molecule is CC.CCC(C)C(C)C(CC(=O)N1CCCC1C(OC)C(C)C(=O)NC(Cc1ccccc1)C(=O)NCCN(C)C)OC. The molecule has 0 radical (unpaired) electrons. The molecule has 2 N–H and O–H groups in total. The van der Waals surface area contributed by atoms with Crippen LogP contribution in [0.2, 0.25) is 0 Å². The van der Waals surface area contributed by atoms with Crippen molar-refractivity contribution in [3.63, 3.8) is 0 Å². The highest BCUT2D eigenvalue weighted by Gasteiger charge is 2.41. The minimum atomic E-state index is -0.724. The van der Waals surface area contributed by atoms with Crippen molar-refractivity contribution < 1.29 is 23.9 Å². The minimum absolute atomic E-state index is 0.0337. The predicted octanol–water partition coefficient (Wildman–Crippen LogP) is 4.15. The van der Waals surface area contributed by atoms with Crippen LogP contribution in [-0.4, -0.2) is 99.8 Å². The Kier molecular flexibility index (Phi) is 18.3. The summed E-state index contributed by atoms with van der Waals surface area (Å²) >= 11 is 0. The van der Waals surface area contributed by atoms with Crippen LogP contribution < -0.4 is 10.6 Å². The molecule has 2 rings (SSSR count). The van der Waals surface area contributed by atoms with Crippen LogP contribution in [0, 0.1) is 17.8 Å². The second-order valence-corrected chi connectivity index (χ2v) is 11.9. The number of likely N-dealkylation sites (tertiary alicyclic amines) is 1. The zero-order chi connectivity index (χ0) is 32.5. The summed E-state index contributed by atoms with van der Waals surface area (Å²) < 4.78 is 11.6. The van der Waals surface area contributed by atoms with Crippen LogP contribution in [0.4, 0.5) is 0 Å². The highest BCUT2D eigenvalue weighted by Crippen LogP contribution is 2.29. The second kappa shape index (κ2) is 20.5. The van der Waals surface area contributed by atoms with E-state index in [9.17, 15) is 14.4 Å². The molecule has 3 amide bonds. The zero-order valence-corrected chi connectivity index (χ0v) is 28.5. The van der Waals surface area contributed by atoms with Crippen molar-refractivity contribution in [2.45, 2.75) is 97.9 Å². The Morgan fingerprint density at radius 1 is 1.02 bits per heavy atom. The average Bonchev–Trinajstić information content (AvgIpc) is 3.50. The standard InChI is InChI=1S/C32H54N4O5.C2H6/c1-9-22(2)23(3)28(40-7)21-29(37)36-18-13-16-27(36)30(41-8)24(4)31(38)34-26(20-25-14-11-10-12-15-25)32(39)33-17-19-35(5)6;1-2/h10-12,14-15,22-24,26-28,30H,9,13,16-21H2,1-8H3,(H,33,39)(H,34,38);1-2H3. The first-order valence-corrected chi connectivity index (χ1v) is 16.2. The fraction of sp³-hybridized carbons (Fsp3) is 0.735. The number of carbonyl (C=O) groups is 3. The highest BCUT2D eigenvalue weighted by atomic mass is 16.5. The summed E-state index contributed by atoms with van der Waals surface area (Å²) in [5.74, 6) is -0.316. The molecule has 1 aliphatic rings. The Balaban J connectivity index is 0.00000452. The quantitative estimate of drug-likeness (QED) is 0.277. The van der Waals surface area contributed by atoms with Gasteiger partial charge in [-0.3, -0.25) is 14.4 Å². The third-order valence-corrected chi connectivity index (χ3v) is 8.76. The first-order valence-electron chi connectivity index (χ1n) is 16.2. The number of likely N-dealkylation sites (N-methyl/N-ethyl adjacent to an activating group) is 1. The van der Waals surface area contributed by atoms with E-state index in [1.54, 1.807) is 14.2 Å². The molecule has 1 fully saturated rings. The van der Waals surface area contributed by atoms with Gasteiger partial charge in [-0.1, -0.05) is 78.3 Å². The molecule has 1 aromatic rings. The van der Waals surface area contributed by atoms with Gasteiger partial charge >= 0.3 is 0 Å². The van der Waals surface area contributed by atoms with Gasteiger partial charge in [-0.2, -0.15) is 0 Å². The molecule has 43 heavy (non-hydrogen) atoms. The summed E-state index contributed by atoms with van der Waals surface area (Å²) in [5, 5.41) is 5.95. The van der Waals surface area contributed by atoms with Gasteiger partial charge in [0.15, 0.2) is 0 Å². The maximum Gasteiger partial charge on any atom is 0.242 e. The summed E-state index contributed by atoms with van der Waals surface area (Å²) in [5.41, 5.74) is 0.961. The fourth-order valence-electron chi connectivity index (χ4n) is 5.69. The van der Waals surface area contributed by atoms with Crippen molar-refractivity contribution >= 4 is 17.7 Å². The van der Waals surface area contributed by atoms with E-state index in [4.69, 9.17) is 9.47 Å². The van der Waals surface area contributed by atoms with Crippen LogP contribution in [0.15, 0.2) is 30.3 Å². The minimum Gasteiger partial charge on any atom is -0.381 e. The predicted molar refractivity (Wildman–Crippen MR) is 174 cm³/mol. The molecule has 246 valence electrons. The molecule has 9 heteroatoms. The zero-order valence-electron chi connectivity index (χ0n) is 28.5. The molecule has 7 unspecified atom stereocenters. The number of amides is 3. The highest BCUT2D eigenvalue weighted by molar-refractivity contribution is 5.89. The normalized spacial score (nSPS) is 19.0. The molecule has 1 aromatic carbocycles. The van der Waals surface area contributed by atoms with E-state index in [-0.39, 0.29) is 35.8 Å². The van der Waals surface area contributed by atoms with E-state index >= 15 is 0 Å². The Hall–Kier alpha value is -2.49. The Morgan fingerprint density at radius 2 is 1.67 bits per heavy atom. The molecule has 1 aliphatic heterocycles. The van der Waals surface area contributed by atoms with E-state index in [0.717, 1.165) is 24.8 Å². The van der Waals surface area contributed by atoms with E-state index in [1.165, 1.54) is 0 Å². The van der Waals surface area contributed by atoms with Gasteiger partial charge in [0, 0.05) is 40.3 Å². The maximum atomic E-state index is 13.6. The first kappa shape index (κ1) is 38.5. The van der Waals surface area contributed by atoms with Gasteiger partial charge in [0.1, 0.15) is 6.04 Å². The van der Waals surface area contributed by atoms with Crippen LogP contribution in [0.3, 0.4) is 0 Å². The van der Waals surface area contributed by atoms with Gasteiger partial charge in [0.05, 0.1) is 30.6 Å². The van der Waals surface area contributed by atoms with Gasteiger partial charge in [-0.15, -0.1) is 0 Å². The van der Waals surface area contributed by atoms with Crippen molar-refractivity contribution in [3.05, 3.63) is 35.9 Å². The number of hydrogen-bond donors (Lipinski definition) is 2. The number of hydrogen-bond acceptors (Lipinski definition) is 6. The molecular formula is C34H60N4O5. The Bertz CT molecular complexity index is 944. The lowest BCUT2D eigenvalue weighted by Gasteiger charge is -2.35. The fourth-order valence-corrected chi connectivity index (χ4v) is 5.69. The van der Waals surface area contributed by atoms with E-state index in [0.29, 0.717) is 38.4 Å². The number of nitrogens with zero attached hydrogens (tertiary/aromatic N) is 2. The number of methoxy groups -OCH3 is 2. The number of carbonyl (C=O) groups excluding carboxylic acids is 3. The molecule has 9 nitrogen and oxygen atoms in total. The van der Waals surface area contributed by atoms with Crippen molar-refractivity contribution in [3.8, 4) is 0 Å². The largest absolute Gasteiger partial charge is 0.381 e. The van der Waals surface area contributed by atoms with Crippen LogP contribution in [0.25, 0.3) is 0 Å². The molecule has 0 aromatic heterocycles. The van der Waals surface area contributed by atoms with Crippen molar-refractivity contribution in [1.82, 2.24) is 20.4 Å². The van der Waals surface area contributed by atoms with Gasteiger partial charge < -0.3 is 29.9 Å². The van der Waals surface area contributed by atoms with Crippen LogP contribution in [0.5, 0.6) is 0 Å². The van der Waals surface area contributed by atoms with Gasteiger partial charge in [-0.05, 0) is 44.3 Å². The number of rotatable bonds is 17. The van der Waals surface area contributed by atoms with Gasteiger partial charge in [0.2, 0.25) is 17.7 Å². The van der Waals surface area contributed by atoms with E-state index in [1.807, 2.05) is 75.0 Å². The molecule has 1 heterocycles. The van der Waals surface area contributed by atoms with Crippen LogP contribution >= 0.6 is 0 Å². The number of benzene rings is 1. The first-order chi connectivity index (χ1) is 20.5. The summed E-state index contributed by atoms with van der Waals surface area (Å²) in [6, 6.07) is 8.73. The number of ether oxygens (including phenoxy) is 2. The lowest BCUT2D eigenvalue weighted by molar-refractivity contribution is -0.143. The maximum absolute atomic E-state index is 13.6. The number of nitrogens with one attached hydrogen (secondary N) is 2. The summed E-state index contributed by atoms with van der Waals surface area (Å²) in [6.07, 6.45) is 2.67. The van der Waals surface area contributed by atoms with Crippen molar-refractivity contribution in [2.24, 2.45) is 17.8 Å². The summed E-state index contributed by atoms with van der Waals surface area (Å²) in [6.45, 7) is 14.1.